The third kappa shape index (κ3) is 3.72. The van der Waals surface area contributed by atoms with Crippen LogP contribution in [0.2, 0.25) is 0 Å². The number of hydrogen-bond acceptors (Lipinski definition) is 4. The summed E-state index contributed by atoms with van der Waals surface area (Å²) in [5.41, 5.74) is 1.17. The van der Waals surface area contributed by atoms with Crippen LogP contribution in [0.3, 0.4) is 0 Å². The summed E-state index contributed by atoms with van der Waals surface area (Å²) in [5.74, 6) is 2.42. The largest absolute Gasteiger partial charge is 0.497 e. The number of hydrogen-bond donors (Lipinski definition) is 1. The average Bonchev–Trinajstić information content (AvgIpc) is 3.29. The van der Waals surface area contributed by atoms with E-state index in [0.29, 0.717) is 18.2 Å². The molecule has 0 bridgehead atoms. The lowest BCUT2D eigenvalue weighted by Crippen LogP contribution is -2.30. The highest BCUT2D eigenvalue weighted by molar-refractivity contribution is 5.91. The van der Waals surface area contributed by atoms with Gasteiger partial charge in [0.15, 0.2) is 5.76 Å². The number of anilines is 1. The van der Waals surface area contributed by atoms with Crippen LogP contribution in [0, 0.1) is 5.92 Å². The van der Waals surface area contributed by atoms with Gasteiger partial charge < -0.3 is 19.4 Å². The van der Waals surface area contributed by atoms with Gasteiger partial charge in [-0.2, -0.15) is 0 Å². The number of nitrogens with one attached hydrogen (secondary N) is 1. The molecular formula is C19H24N2O3. The summed E-state index contributed by atoms with van der Waals surface area (Å²) in [6.07, 6.45) is 1.86. The monoisotopic (exact) mass is 328 g/mol. The minimum atomic E-state index is -0.130. The number of methoxy groups -OCH3 is 1. The van der Waals surface area contributed by atoms with Crippen molar-refractivity contribution in [3.05, 3.63) is 47.9 Å². The predicted molar refractivity (Wildman–Crippen MR) is 93.7 cm³/mol. The lowest BCUT2D eigenvalue weighted by molar-refractivity contribution is 0.0919. The van der Waals surface area contributed by atoms with Crippen LogP contribution in [-0.4, -0.2) is 32.7 Å². The van der Waals surface area contributed by atoms with Gasteiger partial charge in [-0.05, 0) is 36.6 Å². The second kappa shape index (κ2) is 7.43. The van der Waals surface area contributed by atoms with E-state index >= 15 is 0 Å². The van der Waals surface area contributed by atoms with Crippen LogP contribution in [-0.2, 0) is 6.42 Å². The van der Waals surface area contributed by atoms with E-state index in [9.17, 15) is 4.79 Å². The minimum absolute atomic E-state index is 0.130. The second-order valence-corrected chi connectivity index (χ2v) is 6.13. The molecule has 0 spiro atoms. The molecule has 2 aromatic rings. The van der Waals surface area contributed by atoms with Gasteiger partial charge in [0, 0.05) is 37.8 Å². The number of amides is 1. The summed E-state index contributed by atoms with van der Waals surface area (Å²) in [4.78, 5) is 14.5. The molecule has 1 saturated heterocycles. The fraction of sp³-hybridized carbons (Fsp3) is 0.421. The van der Waals surface area contributed by atoms with Crippen molar-refractivity contribution in [2.24, 2.45) is 5.92 Å². The molecule has 2 heterocycles. The summed E-state index contributed by atoms with van der Waals surface area (Å²) < 4.78 is 10.8. The highest BCUT2D eigenvalue weighted by Gasteiger charge is 2.24. The van der Waals surface area contributed by atoms with Crippen molar-refractivity contribution < 1.29 is 13.9 Å². The van der Waals surface area contributed by atoms with Crippen molar-refractivity contribution in [3.63, 3.8) is 0 Å². The Kier molecular flexibility index (Phi) is 5.08. The Labute approximate surface area is 142 Å². The third-order valence-corrected chi connectivity index (χ3v) is 4.49. The highest BCUT2D eigenvalue weighted by Crippen LogP contribution is 2.26. The number of nitrogens with zero attached hydrogens (tertiary/aromatic N) is 1. The lowest BCUT2D eigenvalue weighted by Gasteiger charge is -2.19. The molecule has 1 amide bonds. The number of furan rings is 1. The first-order chi connectivity index (χ1) is 11.7. The van der Waals surface area contributed by atoms with Crippen molar-refractivity contribution in [1.29, 1.82) is 0 Å². The van der Waals surface area contributed by atoms with E-state index in [4.69, 9.17) is 9.15 Å². The maximum atomic E-state index is 12.1. The summed E-state index contributed by atoms with van der Waals surface area (Å²) in [5, 5.41) is 2.99. The Bertz CT molecular complexity index is 695. The molecule has 24 heavy (non-hydrogen) atoms. The molecule has 1 aromatic heterocycles. The van der Waals surface area contributed by atoms with Gasteiger partial charge in [0.2, 0.25) is 0 Å². The van der Waals surface area contributed by atoms with Gasteiger partial charge >= 0.3 is 0 Å². The summed E-state index contributed by atoms with van der Waals surface area (Å²) >= 11 is 0. The number of ether oxygens (including phenoxy) is 1. The van der Waals surface area contributed by atoms with E-state index < -0.39 is 0 Å². The predicted octanol–water partition coefficient (Wildman–Crippen LogP) is 3.11. The highest BCUT2D eigenvalue weighted by atomic mass is 16.5. The first-order valence-electron chi connectivity index (χ1n) is 8.45. The number of aryl methyl sites for hydroxylation is 1. The molecule has 0 radical (unpaired) electrons. The first-order valence-corrected chi connectivity index (χ1v) is 8.45. The van der Waals surface area contributed by atoms with Crippen LogP contribution in [0.25, 0.3) is 0 Å². The standard InChI is InChI=1S/C19H24N2O3/c1-3-16-7-8-18(24-16)19(22)20-12-14-9-10-21(13-14)15-5-4-6-17(11-15)23-2/h4-8,11,14H,3,9-10,12-13H2,1-2H3,(H,20,22)/t14-/m1/s1. The third-order valence-electron chi connectivity index (χ3n) is 4.49. The molecule has 1 aliphatic rings. The molecule has 1 fully saturated rings. The van der Waals surface area contributed by atoms with Gasteiger partial charge in [0.25, 0.3) is 5.91 Å². The van der Waals surface area contributed by atoms with E-state index in [-0.39, 0.29) is 5.91 Å². The number of carbonyl (C=O) groups excluding carboxylic acids is 1. The van der Waals surface area contributed by atoms with Crippen molar-refractivity contribution in [2.45, 2.75) is 19.8 Å². The fourth-order valence-corrected chi connectivity index (χ4v) is 3.06. The van der Waals surface area contributed by atoms with Crippen LogP contribution in [0.15, 0.2) is 40.8 Å². The van der Waals surface area contributed by atoms with Crippen molar-refractivity contribution in [1.82, 2.24) is 5.32 Å². The van der Waals surface area contributed by atoms with Crippen LogP contribution >= 0.6 is 0 Å². The molecule has 1 aromatic carbocycles. The SMILES string of the molecule is CCc1ccc(C(=O)NC[C@H]2CCN(c3cccc(OC)c3)C2)o1. The zero-order valence-electron chi connectivity index (χ0n) is 14.2. The molecule has 0 aliphatic carbocycles. The van der Waals surface area contributed by atoms with Gasteiger partial charge in [-0.15, -0.1) is 0 Å². The van der Waals surface area contributed by atoms with Crippen molar-refractivity contribution in [2.75, 3.05) is 31.6 Å². The van der Waals surface area contributed by atoms with Gasteiger partial charge in [-0.1, -0.05) is 13.0 Å². The Hall–Kier alpha value is -2.43. The Morgan fingerprint density at radius 3 is 3.00 bits per heavy atom. The topological polar surface area (TPSA) is 54.7 Å². The Balaban J connectivity index is 1.51. The van der Waals surface area contributed by atoms with Gasteiger partial charge in [0.05, 0.1) is 7.11 Å². The quantitative estimate of drug-likeness (QED) is 0.885. The van der Waals surface area contributed by atoms with E-state index in [1.807, 2.05) is 25.1 Å². The van der Waals surface area contributed by atoms with Gasteiger partial charge in [-0.25, -0.2) is 0 Å². The number of carbonyl (C=O) groups is 1. The molecule has 1 aliphatic heterocycles. The van der Waals surface area contributed by atoms with Crippen LogP contribution in [0.4, 0.5) is 5.69 Å². The maximum Gasteiger partial charge on any atom is 0.287 e. The van der Waals surface area contributed by atoms with Crippen LogP contribution in [0.5, 0.6) is 5.75 Å². The van der Waals surface area contributed by atoms with E-state index in [1.165, 1.54) is 5.69 Å². The molecule has 5 heteroatoms. The first kappa shape index (κ1) is 16.4. The fourth-order valence-electron chi connectivity index (χ4n) is 3.06. The second-order valence-electron chi connectivity index (χ2n) is 6.13. The van der Waals surface area contributed by atoms with Gasteiger partial charge in [0.1, 0.15) is 11.5 Å². The molecule has 3 rings (SSSR count). The normalized spacial score (nSPS) is 17.1. The van der Waals surface area contributed by atoms with E-state index in [2.05, 4.69) is 22.3 Å². The van der Waals surface area contributed by atoms with E-state index in [0.717, 1.165) is 37.4 Å². The van der Waals surface area contributed by atoms with E-state index in [1.54, 1.807) is 13.2 Å². The smallest absolute Gasteiger partial charge is 0.287 e. The van der Waals surface area contributed by atoms with Crippen molar-refractivity contribution in [3.8, 4) is 5.75 Å². The zero-order valence-corrected chi connectivity index (χ0v) is 14.2. The number of benzene rings is 1. The Morgan fingerprint density at radius 2 is 2.25 bits per heavy atom. The number of rotatable bonds is 6. The average molecular weight is 328 g/mol. The molecule has 1 N–H and O–H groups in total. The maximum absolute atomic E-state index is 12.1. The molecule has 0 unspecified atom stereocenters. The summed E-state index contributed by atoms with van der Waals surface area (Å²) in [6, 6.07) is 11.7. The molecular weight excluding hydrogens is 304 g/mol. The molecule has 0 saturated carbocycles. The minimum Gasteiger partial charge on any atom is -0.497 e. The molecule has 5 nitrogen and oxygen atoms in total. The van der Waals surface area contributed by atoms with Gasteiger partial charge in [-0.3, -0.25) is 4.79 Å². The Morgan fingerprint density at radius 1 is 1.38 bits per heavy atom. The summed E-state index contributed by atoms with van der Waals surface area (Å²) in [6.45, 7) is 4.61. The lowest BCUT2D eigenvalue weighted by atomic mass is 10.1. The zero-order chi connectivity index (χ0) is 16.9. The van der Waals surface area contributed by atoms with Crippen LogP contribution in [0.1, 0.15) is 29.7 Å². The van der Waals surface area contributed by atoms with Crippen molar-refractivity contribution >= 4 is 11.6 Å². The summed E-state index contributed by atoms with van der Waals surface area (Å²) in [7, 11) is 1.68. The van der Waals surface area contributed by atoms with Crippen LogP contribution < -0.4 is 15.0 Å². The molecule has 128 valence electrons. The molecule has 1 atom stereocenters.